The number of carbonyl (C=O) groups excluding carboxylic acids is 1. The third kappa shape index (κ3) is 2.61. The van der Waals surface area contributed by atoms with Crippen molar-refractivity contribution in [3.05, 3.63) is 65.1 Å². The van der Waals surface area contributed by atoms with Gasteiger partial charge >= 0.3 is 0 Å². The Morgan fingerprint density at radius 3 is 2.95 bits per heavy atom. The number of aldehydes is 1. The van der Waals surface area contributed by atoms with Crippen molar-refractivity contribution in [1.29, 1.82) is 0 Å². The molecule has 0 aliphatic heterocycles. The highest BCUT2D eigenvalue weighted by Crippen LogP contribution is 2.27. The number of carbonyl (C=O) groups is 1. The Hall–Kier alpha value is -2.59. The Bertz CT molecular complexity index is 867. The summed E-state index contributed by atoms with van der Waals surface area (Å²) in [5.74, 6) is 0. The van der Waals surface area contributed by atoms with Gasteiger partial charge in [0, 0.05) is 35.1 Å². The number of hydrogen-bond acceptors (Lipinski definition) is 3. The van der Waals surface area contributed by atoms with Crippen molar-refractivity contribution in [3.63, 3.8) is 0 Å². The van der Waals surface area contributed by atoms with Crippen LogP contribution in [0.1, 0.15) is 11.3 Å². The van der Waals surface area contributed by atoms with Crippen molar-refractivity contribution >= 4 is 40.9 Å². The van der Waals surface area contributed by atoms with Crippen molar-refractivity contribution < 1.29 is 4.79 Å². The van der Waals surface area contributed by atoms with Crippen molar-refractivity contribution in [2.24, 2.45) is 0 Å². The molecule has 0 radical (unpaired) electrons. The number of benzene rings is 1. The fourth-order valence-electron chi connectivity index (χ4n) is 2.37. The fraction of sp³-hybridized carbons (Fsp3) is 0.0588. The Labute approximate surface area is 133 Å². The summed E-state index contributed by atoms with van der Waals surface area (Å²) >= 11 is 6.00. The van der Waals surface area contributed by atoms with Gasteiger partial charge in [0.2, 0.25) is 0 Å². The number of anilines is 1. The molecule has 0 unspecified atom stereocenters. The minimum atomic E-state index is 0.562. The molecule has 0 bridgehead atoms. The van der Waals surface area contributed by atoms with E-state index in [0.717, 1.165) is 28.9 Å². The van der Waals surface area contributed by atoms with Crippen LogP contribution in [0.15, 0.2) is 48.8 Å². The lowest BCUT2D eigenvalue weighted by molar-refractivity contribution is -0.103. The van der Waals surface area contributed by atoms with E-state index in [0.29, 0.717) is 10.6 Å². The van der Waals surface area contributed by atoms with Gasteiger partial charge in [0.15, 0.2) is 6.29 Å². The van der Waals surface area contributed by atoms with Crippen molar-refractivity contribution in [1.82, 2.24) is 9.38 Å². The third-order valence-electron chi connectivity index (χ3n) is 3.44. The first-order valence-electron chi connectivity index (χ1n) is 6.79. The molecule has 110 valence electrons. The summed E-state index contributed by atoms with van der Waals surface area (Å²) < 4.78 is 1.93. The number of halogens is 1. The molecule has 0 fully saturated rings. The van der Waals surface area contributed by atoms with Gasteiger partial charge in [-0.15, -0.1) is 0 Å². The van der Waals surface area contributed by atoms with E-state index in [2.05, 4.69) is 10.3 Å². The first kappa shape index (κ1) is 14.4. The summed E-state index contributed by atoms with van der Waals surface area (Å²) in [4.78, 5) is 15.9. The Kier molecular flexibility index (Phi) is 3.94. The van der Waals surface area contributed by atoms with Crippen LogP contribution in [0.2, 0.25) is 5.02 Å². The predicted molar refractivity (Wildman–Crippen MR) is 90.1 cm³/mol. The molecule has 0 saturated carbocycles. The van der Waals surface area contributed by atoms with Gasteiger partial charge in [-0.3, -0.25) is 4.79 Å². The third-order valence-corrected chi connectivity index (χ3v) is 3.67. The topological polar surface area (TPSA) is 46.4 Å². The van der Waals surface area contributed by atoms with E-state index in [1.807, 2.05) is 40.9 Å². The van der Waals surface area contributed by atoms with Gasteiger partial charge in [-0.2, -0.15) is 0 Å². The summed E-state index contributed by atoms with van der Waals surface area (Å²) in [7, 11) is 1.80. The highest BCUT2D eigenvalue weighted by atomic mass is 35.5. The Morgan fingerprint density at radius 2 is 2.18 bits per heavy atom. The van der Waals surface area contributed by atoms with Gasteiger partial charge in [-0.25, -0.2) is 4.98 Å². The molecule has 0 amide bonds. The zero-order chi connectivity index (χ0) is 15.5. The molecule has 3 aromatic rings. The van der Waals surface area contributed by atoms with E-state index in [1.165, 1.54) is 0 Å². The average molecular weight is 312 g/mol. The lowest BCUT2D eigenvalue weighted by atomic mass is 10.0. The second kappa shape index (κ2) is 6.03. The summed E-state index contributed by atoms with van der Waals surface area (Å²) in [6, 6.07) is 11.2. The molecule has 22 heavy (non-hydrogen) atoms. The molecule has 2 aromatic heterocycles. The lowest BCUT2D eigenvalue weighted by Gasteiger charge is -2.09. The molecule has 5 heteroatoms. The van der Waals surface area contributed by atoms with Crippen LogP contribution in [0.4, 0.5) is 5.69 Å². The number of rotatable bonds is 4. The standard InChI is InChI=1S/C17H14ClN3O/c1-19-16-9-13(18)5-6-15(16)12(11-22)8-14-10-20-17-4-2-3-7-21(14)17/h2-11,19H,1H3/b12-8-. The van der Waals surface area contributed by atoms with E-state index >= 15 is 0 Å². The second-order valence-electron chi connectivity index (χ2n) is 4.77. The Balaban J connectivity index is 2.13. The van der Waals surface area contributed by atoms with Crippen LogP contribution in [0.25, 0.3) is 17.3 Å². The number of fused-ring (bicyclic) bond motifs is 1. The van der Waals surface area contributed by atoms with Gasteiger partial charge in [-0.1, -0.05) is 23.7 Å². The number of nitrogens with one attached hydrogen (secondary N) is 1. The quantitative estimate of drug-likeness (QED) is 0.589. The summed E-state index contributed by atoms with van der Waals surface area (Å²) in [5, 5.41) is 3.68. The van der Waals surface area contributed by atoms with Crippen LogP contribution < -0.4 is 5.32 Å². The van der Waals surface area contributed by atoms with E-state index in [1.54, 1.807) is 25.4 Å². The maximum absolute atomic E-state index is 11.6. The second-order valence-corrected chi connectivity index (χ2v) is 5.21. The van der Waals surface area contributed by atoms with E-state index in [4.69, 9.17) is 11.6 Å². The zero-order valence-corrected chi connectivity index (χ0v) is 12.7. The summed E-state index contributed by atoms with van der Waals surface area (Å²) in [5.41, 5.74) is 3.85. The van der Waals surface area contributed by atoms with Crippen LogP contribution >= 0.6 is 11.6 Å². The number of allylic oxidation sites excluding steroid dienone is 1. The lowest BCUT2D eigenvalue weighted by Crippen LogP contribution is -1.96. The molecule has 4 nitrogen and oxygen atoms in total. The molecule has 0 saturated heterocycles. The van der Waals surface area contributed by atoms with Crippen LogP contribution in [0.5, 0.6) is 0 Å². The van der Waals surface area contributed by atoms with Crippen LogP contribution in [0.3, 0.4) is 0 Å². The van der Waals surface area contributed by atoms with Crippen molar-refractivity contribution in [3.8, 4) is 0 Å². The first-order valence-corrected chi connectivity index (χ1v) is 7.17. The number of nitrogens with zero attached hydrogens (tertiary/aromatic N) is 2. The van der Waals surface area contributed by atoms with Crippen molar-refractivity contribution in [2.45, 2.75) is 0 Å². The Morgan fingerprint density at radius 1 is 1.32 bits per heavy atom. The van der Waals surface area contributed by atoms with E-state index < -0.39 is 0 Å². The maximum Gasteiger partial charge on any atom is 0.150 e. The fourth-order valence-corrected chi connectivity index (χ4v) is 2.54. The van der Waals surface area contributed by atoms with Gasteiger partial charge < -0.3 is 9.72 Å². The zero-order valence-electron chi connectivity index (χ0n) is 12.0. The molecule has 0 aliphatic carbocycles. The van der Waals surface area contributed by atoms with Gasteiger partial charge in [0.1, 0.15) is 5.65 Å². The van der Waals surface area contributed by atoms with E-state index in [-0.39, 0.29) is 0 Å². The van der Waals surface area contributed by atoms with Crippen LogP contribution in [0, 0.1) is 0 Å². The predicted octanol–water partition coefficient (Wildman–Crippen LogP) is 3.77. The monoisotopic (exact) mass is 311 g/mol. The largest absolute Gasteiger partial charge is 0.388 e. The van der Waals surface area contributed by atoms with E-state index in [9.17, 15) is 4.79 Å². The molecular formula is C17H14ClN3O. The molecule has 3 rings (SSSR count). The normalized spacial score (nSPS) is 11.6. The molecular weight excluding hydrogens is 298 g/mol. The number of hydrogen-bond donors (Lipinski definition) is 1. The minimum Gasteiger partial charge on any atom is -0.388 e. The molecule has 2 heterocycles. The van der Waals surface area contributed by atoms with Gasteiger partial charge in [0.25, 0.3) is 0 Å². The highest BCUT2D eigenvalue weighted by Gasteiger charge is 2.09. The molecule has 1 aromatic carbocycles. The molecule has 0 atom stereocenters. The molecule has 1 N–H and O–H groups in total. The van der Waals surface area contributed by atoms with Crippen LogP contribution in [-0.4, -0.2) is 22.7 Å². The van der Waals surface area contributed by atoms with Gasteiger partial charge in [-0.05, 0) is 30.3 Å². The first-order chi connectivity index (χ1) is 10.7. The molecule has 0 aliphatic rings. The average Bonchev–Trinajstić information content (AvgIpc) is 2.96. The minimum absolute atomic E-state index is 0.562. The summed E-state index contributed by atoms with van der Waals surface area (Å²) in [6.45, 7) is 0. The van der Waals surface area contributed by atoms with Crippen LogP contribution in [-0.2, 0) is 4.79 Å². The van der Waals surface area contributed by atoms with Gasteiger partial charge in [0.05, 0.1) is 11.9 Å². The number of imidazole rings is 1. The number of pyridine rings is 1. The van der Waals surface area contributed by atoms with Crippen molar-refractivity contribution in [2.75, 3.05) is 12.4 Å². The smallest absolute Gasteiger partial charge is 0.150 e. The highest BCUT2D eigenvalue weighted by molar-refractivity contribution is 6.31. The number of aromatic nitrogens is 2. The SMILES string of the molecule is CNc1cc(Cl)ccc1/C(C=O)=C\c1cnc2ccccn12. The maximum atomic E-state index is 11.6. The summed E-state index contributed by atoms with van der Waals surface area (Å²) in [6.07, 6.45) is 6.31. The molecule has 0 spiro atoms.